The van der Waals surface area contributed by atoms with Gasteiger partial charge in [-0.05, 0) is 43.0 Å². The molecule has 2 aromatic rings. The van der Waals surface area contributed by atoms with Gasteiger partial charge in [0, 0.05) is 26.2 Å². The van der Waals surface area contributed by atoms with Crippen molar-refractivity contribution in [2.75, 3.05) is 31.5 Å². The van der Waals surface area contributed by atoms with Gasteiger partial charge in [0.05, 0.1) is 28.3 Å². The summed E-state index contributed by atoms with van der Waals surface area (Å²) in [6.07, 6.45) is 4.13. The normalized spacial score (nSPS) is 20.0. The zero-order valence-corrected chi connectivity index (χ0v) is 18.4. The molecule has 31 heavy (non-hydrogen) atoms. The summed E-state index contributed by atoms with van der Waals surface area (Å²) < 4.78 is 31.9. The standard InChI is InChI=1S/C20H25ClN4O5S/c21-14-4-5-15(17(26)19(14)31(28,29)13-10-22-7-8-23-11-13)24-20(27)25-16-3-1-2-12-6-9-30-18(12)16/h4-6,9,13,16,22-23,26H,1-3,7-8,10-11H2,(H2,24,25,27). The molecule has 0 saturated carbocycles. The summed E-state index contributed by atoms with van der Waals surface area (Å²) in [5.41, 5.74) is 1.02. The minimum Gasteiger partial charge on any atom is -0.504 e. The average Bonchev–Trinajstić information content (AvgIpc) is 3.04. The molecule has 1 aromatic carbocycles. The number of aromatic hydroxyl groups is 1. The molecule has 0 radical (unpaired) electrons. The molecule has 168 valence electrons. The van der Waals surface area contributed by atoms with Crippen molar-refractivity contribution in [3.63, 3.8) is 0 Å². The van der Waals surface area contributed by atoms with E-state index in [2.05, 4.69) is 21.3 Å². The van der Waals surface area contributed by atoms with Crippen LogP contribution < -0.4 is 21.3 Å². The third-order valence-electron chi connectivity index (χ3n) is 5.62. The number of hydrogen-bond acceptors (Lipinski definition) is 7. The van der Waals surface area contributed by atoms with Gasteiger partial charge in [-0.3, -0.25) is 0 Å². The molecule has 0 bridgehead atoms. The molecule has 5 N–H and O–H groups in total. The highest BCUT2D eigenvalue weighted by atomic mass is 35.5. The molecule has 0 spiro atoms. The van der Waals surface area contributed by atoms with Gasteiger partial charge >= 0.3 is 6.03 Å². The number of rotatable bonds is 4. The molecule has 11 heteroatoms. The fourth-order valence-corrected chi connectivity index (χ4v) is 6.22. The molecule has 1 aromatic heterocycles. The second-order valence-electron chi connectivity index (χ2n) is 7.70. The number of amides is 2. The largest absolute Gasteiger partial charge is 0.504 e. The van der Waals surface area contributed by atoms with Crippen LogP contribution in [-0.4, -0.2) is 51.0 Å². The van der Waals surface area contributed by atoms with Gasteiger partial charge < -0.3 is 30.8 Å². The van der Waals surface area contributed by atoms with Gasteiger partial charge in [-0.1, -0.05) is 11.6 Å². The molecular weight excluding hydrogens is 444 g/mol. The van der Waals surface area contributed by atoms with Crippen molar-refractivity contribution in [3.8, 4) is 5.75 Å². The number of sulfone groups is 1. The van der Waals surface area contributed by atoms with Crippen LogP contribution in [0.2, 0.25) is 5.02 Å². The van der Waals surface area contributed by atoms with Crippen LogP contribution in [0, 0.1) is 0 Å². The minimum atomic E-state index is -3.96. The van der Waals surface area contributed by atoms with Crippen molar-refractivity contribution in [2.24, 2.45) is 0 Å². The van der Waals surface area contributed by atoms with Gasteiger partial charge in [-0.15, -0.1) is 0 Å². The first-order valence-corrected chi connectivity index (χ1v) is 12.1. The molecule has 2 heterocycles. The van der Waals surface area contributed by atoms with Gasteiger partial charge in [0.1, 0.15) is 10.7 Å². The van der Waals surface area contributed by atoms with Gasteiger partial charge in [-0.25, -0.2) is 13.2 Å². The number of aryl methyl sites for hydroxylation is 1. The van der Waals surface area contributed by atoms with Crippen molar-refractivity contribution in [2.45, 2.75) is 35.4 Å². The van der Waals surface area contributed by atoms with E-state index in [4.69, 9.17) is 16.0 Å². The summed E-state index contributed by atoms with van der Waals surface area (Å²) in [6.45, 7) is 1.75. The minimum absolute atomic E-state index is 0.0366. The molecule has 4 rings (SSSR count). The van der Waals surface area contributed by atoms with Crippen LogP contribution in [0.4, 0.5) is 10.5 Å². The van der Waals surface area contributed by atoms with Crippen LogP contribution in [0.25, 0.3) is 0 Å². The lowest BCUT2D eigenvalue weighted by molar-refractivity contribution is 0.244. The van der Waals surface area contributed by atoms with E-state index in [9.17, 15) is 18.3 Å². The predicted molar refractivity (Wildman–Crippen MR) is 116 cm³/mol. The molecule has 1 fully saturated rings. The Balaban J connectivity index is 1.54. The third kappa shape index (κ3) is 4.52. The molecular formula is C20H25ClN4O5S. The quantitative estimate of drug-likeness (QED) is 0.434. The van der Waals surface area contributed by atoms with Crippen molar-refractivity contribution >= 4 is 33.2 Å². The second kappa shape index (κ2) is 9.07. The van der Waals surface area contributed by atoms with E-state index in [0.717, 1.165) is 30.6 Å². The second-order valence-corrected chi connectivity index (χ2v) is 10.3. The summed E-state index contributed by atoms with van der Waals surface area (Å²) in [7, 11) is -3.96. The number of urea groups is 1. The lowest BCUT2D eigenvalue weighted by Gasteiger charge is -2.23. The first-order valence-electron chi connectivity index (χ1n) is 10.2. The maximum Gasteiger partial charge on any atom is 0.319 e. The predicted octanol–water partition coefficient (Wildman–Crippen LogP) is 2.17. The molecule has 9 nitrogen and oxygen atoms in total. The van der Waals surface area contributed by atoms with Gasteiger partial charge in [-0.2, -0.15) is 0 Å². The number of benzene rings is 1. The number of carbonyl (C=O) groups is 1. The first kappa shape index (κ1) is 21.9. The average molecular weight is 469 g/mol. The fourth-order valence-electron chi connectivity index (χ4n) is 4.02. The Hall–Kier alpha value is -2.27. The fraction of sp³-hybridized carbons (Fsp3) is 0.450. The summed E-state index contributed by atoms with van der Waals surface area (Å²) in [5, 5.41) is 21.3. The van der Waals surface area contributed by atoms with E-state index in [-0.39, 0.29) is 34.7 Å². The number of halogens is 1. The van der Waals surface area contributed by atoms with Crippen molar-refractivity contribution < 1.29 is 22.7 Å². The first-order chi connectivity index (χ1) is 14.9. The number of hydrogen-bond donors (Lipinski definition) is 5. The van der Waals surface area contributed by atoms with Gasteiger partial charge in [0.2, 0.25) is 0 Å². The summed E-state index contributed by atoms with van der Waals surface area (Å²) in [5.74, 6) is 0.146. The van der Waals surface area contributed by atoms with Gasteiger partial charge in [0.25, 0.3) is 0 Å². The Morgan fingerprint density at radius 3 is 2.68 bits per heavy atom. The summed E-state index contributed by atoms with van der Waals surface area (Å²) >= 11 is 6.16. The highest BCUT2D eigenvalue weighted by Crippen LogP contribution is 2.39. The van der Waals surface area contributed by atoms with Crippen LogP contribution >= 0.6 is 11.6 Å². The van der Waals surface area contributed by atoms with Crippen molar-refractivity contribution in [1.29, 1.82) is 0 Å². The van der Waals surface area contributed by atoms with E-state index >= 15 is 0 Å². The number of phenols is 1. The molecule has 1 aliphatic carbocycles. The highest BCUT2D eigenvalue weighted by Gasteiger charge is 2.34. The van der Waals surface area contributed by atoms with E-state index in [0.29, 0.717) is 13.1 Å². The van der Waals surface area contributed by atoms with Crippen LogP contribution in [-0.2, 0) is 16.3 Å². The Kier molecular flexibility index (Phi) is 6.42. The van der Waals surface area contributed by atoms with Crippen LogP contribution in [0.3, 0.4) is 0 Å². The molecule has 1 aliphatic heterocycles. The number of phenolic OH excluding ortho intramolecular Hbond substituents is 1. The number of carbonyl (C=O) groups excluding carboxylic acids is 1. The smallest absolute Gasteiger partial charge is 0.319 e. The Bertz CT molecular complexity index is 1060. The molecule has 1 saturated heterocycles. The van der Waals surface area contributed by atoms with Crippen LogP contribution in [0.15, 0.2) is 33.8 Å². The van der Waals surface area contributed by atoms with Crippen molar-refractivity contribution in [1.82, 2.24) is 16.0 Å². The van der Waals surface area contributed by atoms with Gasteiger partial charge in [0.15, 0.2) is 15.6 Å². The maximum atomic E-state index is 13.2. The lowest BCUT2D eigenvalue weighted by Crippen LogP contribution is -2.37. The third-order valence-corrected chi connectivity index (χ3v) is 8.24. The summed E-state index contributed by atoms with van der Waals surface area (Å²) in [4.78, 5) is 12.2. The van der Waals surface area contributed by atoms with E-state index in [1.165, 1.54) is 12.1 Å². The molecule has 2 amide bonds. The Labute approximate surface area is 185 Å². The zero-order valence-electron chi connectivity index (χ0n) is 16.8. The number of fused-ring (bicyclic) bond motifs is 1. The van der Waals surface area contributed by atoms with Crippen LogP contribution in [0.5, 0.6) is 5.75 Å². The van der Waals surface area contributed by atoms with Crippen LogP contribution in [0.1, 0.15) is 30.2 Å². The number of furan rings is 1. The number of nitrogens with one attached hydrogen (secondary N) is 4. The molecule has 2 aliphatic rings. The topological polar surface area (TPSA) is 133 Å². The van der Waals surface area contributed by atoms with Crippen molar-refractivity contribution in [3.05, 3.63) is 40.8 Å². The van der Waals surface area contributed by atoms with E-state index in [1.807, 2.05) is 6.07 Å². The monoisotopic (exact) mass is 468 g/mol. The maximum absolute atomic E-state index is 13.2. The Morgan fingerprint density at radius 2 is 1.94 bits per heavy atom. The highest BCUT2D eigenvalue weighted by molar-refractivity contribution is 7.92. The SMILES string of the molecule is O=C(Nc1ccc(Cl)c(S(=O)(=O)C2CNCCNC2)c1O)NC1CCCc2ccoc21. The lowest BCUT2D eigenvalue weighted by atomic mass is 9.94. The molecule has 1 atom stereocenters. The zero-order chi connectivity index (χ0) is 22.0. The number of anilines is 1. The van der Waals surface area contributed by atoms with E-state index in [1.54, 1.807) is 6.26 Å². The van der Waals surface area contributed by atoms with E-state index < -0.39 is 26.9 Å². The summed E-state index contributed by atoms with van der Waals surface area (Å²) in [6, 6.07) is 3.75. The Morgan fingerprint density at radius 1 is 1.19 bits per heavy atom. The molecule has 1 unspecified atom stereocenters.